The van der Waals surface area contributed by atoms with Crippen molar-refractivity contribution in [2.75, 3.05) is 18.5 Å². The third kappa shape index (κ3) is 3.60. The molecule has 3 aromatic rings. The minimum absolute atomic E-state index is 0.0893. The Labute approximate surface area is 152 Å². The van der Waals surface area contributed by atoms with Gasteiger partial charge in [-0.1, -0.05) is 24.3 Å². The molecule has 0 bridgehead atoms. The first kappa shape index (κ1) is 17.7. The molecular formula is C20H22N4O2. The first-order chi connectivity index (χ1) is 12.6. The van der Waals surface area contributed by atoms with E-state index in [0.29, 0.717) is 24.2 Å². The lowest BCUT2D eigenvalue weighted by Gasteiger charge is -2.20. The lowest BCUT2D eigenvalue weighted by atomic mass is 10.0. The number of primary amides is 1. The molecule has 0 aliphatic carbocycles. The zero-order valence-electron chi connectivity index (χ0n) is 14.6. The van der Waals surface area contributed by atoms with Crippen LogP contribution in [0.15, 0.2) is 54.7 Å². The molecule has 134 valence electrons. The van der Waals surface area contributed by atoms with Gasteiger partial charge in [-0.3, -0.25) is 9.78 Å². The number of aromatic nitrogens is 1. The Hall–Kier alpha value is -3.12. The van der Waals surface area contributed by atoms with E-state index in [9.17, 15) is 4.79 Å². The summed E-state index contributed by atoms with van der Waals surface area (Å²) >= 11 is 0. The molecule has 3 rings (SSSR count). The van der Waals surface area contributed by atoms with Crippen molar-refractivity contribution >= 4 is 22.5 Å². The molecule has 2 aromatic carbocycles. The number of nitrogens with two attached hydrogens (primary N) is 2. The van der Waals surface area contributed by atoms with Crippen LogP contribution >= 0.6 is 0 Å². The summed E-state index contributed by atoms with van der Waals surface area (Å²) in [5.41, 5.74) is 14.3. The molecule has 6 heteroatoms. The Morgan fingerprint density at radius 3 is 2.62 bits per heavy atom. The van der Waals surface area contributed by atoms with Crippen LogP contribution in [0.1, 0.15) is 28.9 Å². The summed E-state index contributed by atoms with van der Waals surface area (Å²) in [6.45, 7) is 2.99. The summed E-state index contributed by atoms with van der Waals surface area (Å²) in [5.74, 6) is 0.328. The number of amides is 1. The van der Waals surface area contributed by atoms with Crippen molar-refractivity contribution in [3.05, 3.63) is 65.9 Å². The van der Waals surface area contributed by atoms with Crippen molar-refractivity contribution in [3.8, 4) is 5.75 Å². The molecule has 1 atom stereocenters. The maximum absolute atomic E-state index is 11.6. The molecule has 1 heterocycles. The number of carbonyl (C=O) groups is 1. The van der Waals surface area contributed by atoms with Crippen molar-refractivity contribution in [1.82, 2.24) is 4.98 Å². The molecule has 5 N–H and O–H groups in total. The van der Waals surface area contributed by atoms with E-state index in [1.165, 1.54) is 0 Å². The van der Waals surface area contributed by atoms with E-state index in [2.05, 4.69) is 10.3 Å². The minimum atomic E-state index is -0.498. The van der Waals surface area contributed by atoms with Crippen molar-refractivity contribution in [3.63, 3.8) is 0 Å². The average molecular weight is 350 g/mol. The Bertz CT molecular complexity index is 909. The number of ether oxygens (including phenoxy) is 1. The fourth-order valence-electron chi connectivity index (χ4n) is 2.93. The molecule has 26 heavy (non-hydrogen) atoms. The Morgan fingerprint density at radius 2 is 1.96 bits per heavy atom. The van der Waals surface area contributed by atoms with Crippen LogP contribution in [0.25, 0.3) is 10.9 Å². The number of carbonyl (C=O) groups excluding carboxylic acids is 1. The topological polar surface area (TPSA) is 103 Å². The predicted molar refractivity (Wildman–Crippen MR) is 103 cm³/mol. The van der Waals surface area contributed by atoms with E-state index in [1.807, 2.05) is 43.3 Å². The van der Waals surface area contributed by atoms with Crippen LogP contribution in [-0.2, 0) is 0 Å². The van der Waals surface area contributed by atoms with Crippen molar-refractivity contribution in [1.29, 1.82) is 0 Å². The predicted octanol–water partition coefficient (Wildman–Crippen LogP) is 2.84. The molecule has 0 spiro atoms. The first-order valence-electron chi connectivity index (χ1n) is 8.51. The van der Waals surface area contributed by atoms with E-state index in [1.54, 1.807) is 18.3 Å². The number of hydrogen-bond donors (Lipinski definition) is 3. The van der Waals surface area contributed by atoms with Gasteiger partial charge in [-0.2, -0.15) is 0 Å². The lowest BCUT2D eigenvalue weighted by Crippen LogP contribution is -2.21. The van der Waals surface area contributed by atoms with Gasteiger partial charge in [0.2, 0.25) is 0 Å². The largest absolute Gasteiger partial charge is 0.494 e. The molecule has 0 radical (unpaired) electrons. The summed E-state index contributed by atoms with van der Waals surface area (Å²) in [7, 11) is 0. The van der Waals surface area contributed by atoms with Gasteiger partial charge in [0.05, 0.1) is 23.7 Å². The third-order valence-electron chi connectivity index (χ3n) is 4.20. The number of fused-ring (bicyclic) bond motifs is 1. The maximum Gasteiger partial charge on any atom is 0.250 e. The quantitative estimate of drug-likeness (QED) is 0.608. The Kier molecular flexibility index (Phi) is 5.34. The van der Waals surface area contributed by atoms with Crippen LogP contribution in [0.3, 0.4) is 0 Å². The Balaban J connectivity index is 1.93. The van der Waals surface area contributed by atoms with E-state index in [4.69, 9.17) is 16.2 Å². The van der Waals surface area contributed by atoms with E-state index in [0.717, 1.165) is 22.4 Å². The number of hydrogen-bond acceptors (Lipinski definition) is 5. The summed E-state index contributed by atoms with van der Waals surface area (Å²) in [5, 5.41) is 4.27. The van der Waals surface area contributed by atoms with Crippen LogP contribution in [0.4, 0.5) is 5.69 Å². The van der Waals surface area contributed by atoms with Crippen LogP contribution in [0.2, 0.25) is 0 Å². The number of benzene rings is 2. The maximum atomic E-state index is 11.6. The summed E-state index contributed by atoms with van der Waals surface area (Å²) in [4.78, 5) is 16.0. The molecule has 0 fully saturated rings. The minimum Gasteiger partial charge on any atom is -0.494 e. The highest BCUT2D eigenvalue weighted by Gasteiger charge is 2.14. The second-order valence-electron chi connectivity index (χ2n) is 5.86. The number of nitrogens with zero attached hydrogens (tertiary/aromatic N) is 1. The van der Waals surface area contributed by atoms with Crippen LogP contribution in [-0.4, -0.2) is 24.0 Å². The van der Waals surface area contributed by atoms with Gasteiger partial charge in [-0.25, -0.2) is 0 Å². The van der Waals surface area contributed by atoms with Crippen LogP contribution in [0, 0.1) is 0 Å². The highest BCUT2D eigenvalue weighted by Crippen LogP contribution is 2.28. The number of anilines is 1. The number of para-hydroxylation sites is 1. The zero-order valence-corrected chi connectivity index (χ0v) is 14.6. The first-order valence-corrected chi connectivity index (χ1v) is 8.51. The van der Waals surface area contributed by atoms with E-state index in [-0.39, 0.29) is 6.04 Å². The second kappa shape index (κ2) is 7.84. The van der Waals surface area contributed by atoms with Gasteiger partial charge in [0.25, 0.3) is 5.91 Å². The summed E-state index contributed by atoms with van der Waals surface area (Å²) in [6.07, 6.45) is 1.66. The lowest BCUT2D eigenvalue weighted by molar-refractivity contribution is 0.100. The molecule has 1 amide bonds. The zero-order chi connectivity index (χ0) is 18.5. The second-order valence-corrected chi connectivity index (χ2v) is 5.86. The molecule has 1 aromatic heterocycles. The standard InChI is InChI=1S/C20H22N4O2/c1-2-26-14-8-6-13(7-9-14)18(12-21)24-17-10-11-23-19-15(17)4-3-5-16(19)20(22)25/h3-11,18H,2,12,21H2,1H3,(H2,22,25)(H,23,24)/t18-/m1/s1. The van der Waals surface area contributed by atoms with Gasteiger partial charge >= 0.3 is 0 Å². The molecule has 0 saturated carbocycles. The van der Waals surface area contributed by atoms with Gasteiger partial charge in [-0.15, -0.1) is 0 Å². The van der Waals surface area contributed by atoms with Crippen molar-refractivity contribution in [2.45, 2.75) is 13.0 Å². The van der Waals surface area contributed by atoms with Crippen LogP contribution in [0.5, 0.6) is 5.75 Å². The summed E-state index contributed by atoms with van der Waals surface area (Å²) in [6, 6.07) is 15.0. The monoisotopic (exact) mass is 350 g/mol. The molecule has 0 saturated heterocycles. The van der Waals surface area contributed by atoms with Gasteiger partial charge in [0.15, 0.2) is 0 Å². The van der Waals surface area contributed by atoms with Gasteiger partial charge < -0.3 is 21.5 Å². The highest BCUT2D eigenvalue weighted by molar-refractivity contribution is 6.07. The molecule has 0 aliphatic rings. The number of nitrogens with one attached hydrogen (secondary N) is 1. The van der Waals surface area contributed by atoms with Crippen LogP contribution < -0.4 is 21.5 Å². The molecule has 0 aliphatic heterocycles. The smallest absolute Gasteiger partial charge is 0.250 e. The number of rotatable bonds is 7. The average Bonchev–Trinajstić information content (AvgIpc) is 2.66. The fourth-order valence-corrected chi connectivity index (χ4v) is 2.93. The number of pyridine rings is 1. The SMILES string of the molecule is CCOc1ccc([C@@H](CN)Nc2ccnc3c(C(N)=O)cccc23)cc1. The van der Waals surface area contributed by atoms with Gasteiger partial charge in [0.1, 0.15) is 5.75 Å². The molecular weight excluding hydrogens is 328 g/mol. The third-order valence-corrected chi connectivity index (χ3v) is 4.20. The fraction of sp³-hybridized carbons (Fsp3) is 0.200. The molecule has 0 unspecified atom stereocenters. The normalized spacial score (nSPS) is 11.9. The highest BCUT2D eigenvalue weighted by atomic mass is 16.5. The van der Waals surface area contributed by atoms with Gasteiger partial charge in [0, 0.05) is 23.8 Å². The van der Waals surface area contributed by atoms with E-state index < -0.39 is 5.91 Å². The van der Waals surface area contributed by atoms with Gasteiger partial charge in [-0.05, 0) is 36.8 Å². The summed E-state index contributed by atoms with van der Waals surface area (Å²) < 4.78 is 5.48. The Morgan fingerprint density at radius 1 is 1.19 bits per heavy atom. The molecule has 6 nitrogen and oxygen atoms in total. The van der Waals surface area contributed by atoms with Crippen molar-refractivity contribution < 1.29 is 9.53 Å². The van der Waals surface area contributed by atoms with Crippen molar-refractivity contribution in [2.24, 2.45) is 11.5 Å². The van der Waals surface area contributed by atoms with E-state index >= 15 is 0 Å².